The molecule has 26 heavy (non-hydrogen) atoms. The second kappa shape index (κ2) is 8.32. The van der Waals surface area contributed by atoms with Gasteiger partial charge >= 0.3 is 5.97 Å². The van der Waals surface area contributed by atoms with E-state index in [0.717, 1.165) is 24.3 Å². The Balaban J connectivity index is 1.80. The second-order valence-corrected chi connectivity index (χ2v) is 6.61. The molecule has 1 saturated heterocycles. The van der Waals surface area contributed by atoms with E-state index in [-0.39, 0.29) is 11.8 Å². The standard InChI is InChI=1S/C21H25FN2O2/c1-3-26-21(25)20-15-23(14-17-7-5-4-6-8-17)11-12-24(20)19-10-9-18(22)13-16(19)2/h4-10,13,20H,3,11-12,14-15H2,1-2H3. The Labute approximate surface area is 154 Å². The van der Waals surface area contributed by atoms with Crippen molar-refractivity contribution in [1.29, 1.82) is 0 Å². The molecule has 138 valence electrons. The van der Waals surface area contributed by atoms with Crippen molar-refractivity contribution >= 4 is 11.7 Å². The van der Waals surface area contributed by atoms with Crippen LogP contribution in [-0.4, -0.2) is 43.2 Å². The van der Waals surface area contributed by atoms with E-state index in [4.69, 9.17) is 4.74 Å². The van der Waals surface area contributed by atoms with Gasteiger partial charge in [-0.25, -0.2) is 9.18 Å². The predicted octanol–water partition coefficient (Wildman–Crippen LogP) is 3.39. The lowest BCUT2D eigenvalue weighted by atomic mass is 10.1. The molecule has 1 unspecified atom stereocenters. The van der Waals surface area contributed by atoms with Crippen molar-refractivity contribution in [2.75, 3.05) is 31.1 Å². The van der Waals surface area contributed by atoms with Crippen LogP contribution in [0.4, 0.5) is 10.1 Å². The zero-order chi connectivity index (χ0) is 18.5. The molecule has 1 heterocycles. The molecule has 1 aliphatic heterocycles. The van der Waals surface area contributed by atoms with Crippen LogP contribution in [0.3, 0.4) is 0 Å². The van der Waals surface area contributed by atoms with Gasteiger partial charge in [-0.05, 0) is 43.2 Å². The largest absolute Gasteiger partial charge is 0.464 e. The summed E-state index contributed by atoms with van der Waals surface area (Å²) >= 11 is 0. The number of aryl methyl sites for hydroxylation is 1. The molecule has 1 atom stereocenters. The van der Waals surface area contributed by atoms with Gasteiger partial charge in [0.2, 0.25) is 0 Å². The fourth-order valence-electron chi connectivity index (χ4n) is 3.49. The summed E-state index contributed by atoms with van der Waals surface area (Å²) in [5.41, 5.74) is 2.95. The quantitative estimate of drug-likeness (QED) is 0.769. The highest BCUT2D eigenvalue weighted by molar-refractivity contribution is 5.81. The summed E-state index contributed by atoms with van der Waals surface area (Å²) in [6, 6.07) is 14.5. The van der Waals surface area contributed by atoms with Gasteiger partial charge in [0.15, 0.2) is 0 Å². The van der Waals surface area contributed by atoms with Gasteiger partial charge in [-0.3, -0.25) is 4.90 Å². The van der Waals surface area contributed by atoms with E-state index in [1.165, 1.54) is 17.7 Å². The SMILES string of the molecule is CCOC(=O)C1CN(Cc2ccccc2)CCN1c1ccc(F)cc1C. The molecule has 0 N–H and O–H groups in total. The summed E-state index contributed by atoms with van der Waals surface area (Å²) in [4.78, 5) is 16.9. The van der Waals surface area contributed by atoms with Crippen molar-refractivity contribution in [3.05, 3.63) is 65.5 Å². The van der Waals surface area contributed by atoms with Crippen molar-refractivity contribution in [3.8, 4) is 0 Å². The molecule has 2 aromatic carbocycles. The molecule has 0 saturated carbocycles. The maximum absolute atomic E-state index is 13.5. The number of halogens is 1. The normalized spacial score (nSPS) is 18.0. The molecule has 0 amide bonds. The average molecular weight is 356 g/mol. The summed E-state index contributed by atoms with van der Waals surface area (Å²) in [5.74, 6) is -0.490. The van der Waals surface area contributed by atoms with Crippen molar-refractivity contribution in [2.24, 2.45) is 0 Å². The molecular formula is C21H25FN2O2. The minimum absolute atomic E-state index is 0.228. The molecule has 0 radical (unpaired) electrons. The second-order valence-electron chi connectivity index (χ2n) is 6.61. The number of anilines is 1. The summed E-state index contributed by atoms with van der Waals surface area (Å²) in [6.45, 7) is 6.96. The maximum atomic E-state index is 13.5. The Morgan fingerprint density at radius 1 is 1.19 bits per heavy atom. The number of hydrogen-bond acceptors (Lipinski definition) is 4. The number of nitrogens with zero attached hydrogens (tertiary/aromatic N) is 2. The first-order valence-corrected chi connectivity index (χ1v) is 9.04. The number of carbonyl (C=O) groups is 1. The van der Waals surface area contributed by atoms with Crippen LogP contribution in [0.15, 0.2) is 48.5 Å². The van der Waals surface area contributed by atoms with E-state index >= 15 is 0 Å². The van der Waals surface area contributed by atoms with Crippen LogP contribution in [0.2, 0.25) is 0 Å². The first kappa shape index (κ1) is 18.4. The fourth-order valence-corrected chi connectivity index (χ4v) is 3.49. The summed E-state index contributed by atoms with van der Waals surface area (Å²) in [5, 5.41) is 0. The smallest absolute Gasteiger partial charge is 0.330 e. The average Bonchev–Trinajstić information content (AvgIpc) is 2.63. The molecular weight excluding hydrogens is 331 g/mol. The lowest BCUT2D eigenvalue weighted by Gasteiger charge is -2.42. The fraction of sp³-hybridized carbons (Fsp3) is 0.381. The molecule has 5 heteroatoms. The molecule has 0 aliphatic carbocycles. The molecule has 2 aromatic rings. The Kier molecular flexibility index (Phi) is 5.89. The Bertz CT molecular complexity index is 751. The number of piperazine rings is 1. The van der Waals surface area contributed by atoms with Gasteiger partial charge in [-0.1, -0.05) is 30.3 Å². The summed E-state index contributed by atoms with van der Waals surface area (Å²) in [6.07, 6.45) is 0. The summed E-state index contributed by atoms with van der Waals surface area (Å²) in [7, 11) is 0. The first-order valence-electron chi connectivity index (χ1n) is 9.04. The van der Waals surface area contributed by atoms with Crippen LogP contribution >= 0.6 is 0 Å². The summed E-state index contributed by atoms with van der Waals surface area (Å²) < 4.78 is 18.8. The van der Waals surface area contributed by atoms with Gasteiger partial charge in [0, 0.05) is 31.9 Å². The first-order chi connectivity index (χ1) is 12.6. The molecule has 0 aromatic heterocycles. The highest BCUT2D eigenvalue weighted by atomic mass is 19.1. The van der Waals surface area contributed by atoms with Crippen LogP contribution < -0.4 is 4.90 Å². The molecule has 0 bridgehead atoms. The molecule has 4 nitrogen and oxygen atoms in total. The van der Waals surface area contributed by atoms with E-state index in [9.17, 15) is 9.18 Å². The van der Waals surface area contributed by atoms with Gasteiger partial charge in [0.1, 0.15) is 11.9 Å². The minimum Gasteiger partial charge on any atom is -0.464 e. The van der Waals surface area contributed by atoms with E-state index in [1.807, 2.05) is 36.9 Å². The van der Waals surface area contributed by atoms with Crippen molar-refractivity contribution in [3.63, 3.8) is 0 Å². The van der Waals surface area contributed by atoms with Crippen molar-refractivity contribution in [2.45, 2.75) is 26.4 Å². The van der Waals surface area contributed by atoms with Gasteiger partial charge < -0.3 is 9.64 Å². The van der Waals surface area contributed by atoms with E-state index in [0.29, 0.717) is 19.7 Å². The third-order valence-corrected chi connectivity index (χ3v) is 4.74. The van der Waals surface area contributed by atoms with Crippen LogP contribution in [0.1, 0.15) is 18.1 Å². The van der Waals surface area contributed by atoms with Crippen molar-refractivity contribution in [1.82, 2.24) is 4.90 Å². The van der Waals surface area contributed by atoms with Crippen LogP contribution in [-0.2, 0) is 16.1 Å². The third kappa shape index (κ3) is 4.22. The lowest BCUT2D eigenvalue weighted by Crippen LogP contribution is -2.57. The highest BCUT2D eigenvalue weighted by Gasteiger charge is 2.34. The van der Waals surface area contributed by atoms with Crippen molar-refractivity contribution < 1.29 is 13.9 Å². The number of esters is 1. The zero-order valence-electron chi connectivity index (χ0n) is 15.3. The molecule has 3 rings (SSSR count). The zero-order valence-corrected chi connectivity index (χ0v) is 15.3. The van der Waals surface area contributed by atoms with Gasteiger partial charge in [-0.2, -0.15) is 0 Å². The molecule has 1 fully saturated rings. The Morgan fingerprint density at radius 2 is 1.96 bits per heavy atom. The Hall–Kier alpha value is -2.40. The number of ether oxygens (including phenoxy) is 1. The maximum Gasteiger partial charge on any atom is 0.330 e. The monoisotopic (exact) mass is 356 g/mol. The topological polar surface area (TPSA) is 32.8 Å². The number of rotatable bonds is 5. The third-order valence-electron chi connectivity index (χ3n) is 4.74. The predicted molar refractivity (Wildman–Crippen MR) is 101 cm³/mol. The lowest BCUT2D eigenvalue weighted by molar-refractivity contribution is -0.145. The number of hydrogen-bond donors (Lipinski definition) is 0. The highest BCUT2D eigenvalue weighted by Crippen LogP contribution is 2.26. The minimum atomic E-state index is -0.392. The van der Waals surface area contributed by atoms with Crippen LogP contribution in [0.5, 0.6) is 0 Å². The van der Waals surface area contributed by atoms with E-state index < -0.39 is 6.04 Å². The number of benzene rings is 2. The van der Waals surface area contributed by atoms with Gasteiger partial charge in [0.25, 0.3) is 0 Å². The molecule has 0 spiro atoms. The number of carbonyl (C=O) groups excluding carboxylic acids is 1. The Morgan fingerprint density at radius 3 is 2.65 bits per heavy atom. The van der Waals surface area contributed by atoms with Gasteiger partial charge in [0.05, 0.1) is 6.61 Å². The van der Waals surface area contributed by atoms with E-state index in [1.54, 1.807) is 6.07 Å². The van der Waals surface area contributed by atoms with Crippen LogP contribution in [0.25, 0.3) is 0 Å². The van der Waals surface area contributed by atoms with Gasteiger partial charge in [-0.15, -0.1) is 0 Å². The van der Waals surface area contributed by atoms with Crippen LogP contribution in [0, 0.1) is 12.7 Å². The van der Waals surface area contributed by atoms with E-state index in [2.05, 4.69) is 17.0 Å². The molecule has 1 aliphatic rings.